The Bertz CT molecular complexity index is 1160. The maximum Gasteiger partial charge on any atom is 0.243 e. The van der Waals surface area contributed by atoms with Crippen LogP contribution in [0.15, 0.2) is 59.8 Å². The predicted octanol–water partition coefficient (Wildman–Crippen LogP) is 2.64. The molecule has 1 aromatic heterocycles. The lowest BCUT2D eigenvalue weighted by molar-refractivity contribution is -0.116. The Morgan fingerprint density at radius 3 is 2.79 bits per heavy atom. The van der Waals surface area contributed by atoms with E-state index in [1.807, 2.05) is 0 Å². The Labute approximate surface area is 173 Å². The molecule has 2 heterocycles. The maximum absolute atomic E-state index is 13.0. The number of rotatable bonds is 5. The van der Waals surface area contributed by atoms with Crippen LogP contribution < -0.4 is 14.8 Å². The van der Waals surface area contributed by atoms with Crippen LogP contribution in [0.2, 0.25) is 0 Å². The number of hydrogen-bond acceptors (Lipinski definition) is 6. The summed E-state index contributed by atoms with van der Waals surface area (Å²) >= 11 is 0. The zero-order chi connectivity index (χ0) is 19.7. The van der Waals surface area contributed by atoms with Crippen LogP contribution in [-0.2, 0) is 14.8 Å². The van der Waals surface area contributed by atoms with Crippen molar-refractivity contribution < 1.29 is 22.7 Å². The van der Waals surface area contributed by atoms with Crippen LogP contribution in [-0.4, -0.2) is 44.0 Å². The van der Waals surface area contributed by atoms with Gasteiger partial charge in [-0.15, -0.1) is 12.4 Å². The summed E-state index contributed by atoms with van der Waals surface area (Å²) < 4.78 is 37.5. The van der Waals surface area contributed by atoms with Crippen LogP contribution in [0.3, 0.4) is 0 Å². The minimum atomic E-state index is -3.86. The molecule has 0 aliphatic carbocycles. The number of fused-ring (bicyclic) bond motifs is 2. The Balaban J connectivity index is 0.00000240. The number of likely N-dealkylation sites (N-methyl/N-ethyl adjacent to an activating group) is 1. The normalized spacial score (nSPS) is 12.6. The number of anilines is 1. The predicted molar refractivity (Wildman–Crippen MR) is 110 cm³/mol. The van der Waals surface area contributed by atoms with E-state index in [2.05, 4.69) is 10.3 Å². The molecule has 0 saturated carbocycles. The highest BCUT2D eigenvalue weighted by molar-refractivity contribution is 7.89. The largest absolute Gasteiger partial charge is 0.454 e. The smallest absolute Gasteiger partial charge is 0.243 e. The summed E-state index contributed by atoms with van der Waals surface area (Å²) in [4.78, 5) is 16.5. The summed E-state index contributed by atoms with van der Waals surface area (Å²) in [6, 6.07) is 11.6. The molecule has 1 N–H and O–H groups in total. The fraction of sp³-hybridized carbons (Fsp3) is 0.158. The first kappa shape index (κ1) is 20.8. The number of amides is 1. The zero-order valence-electron chi connectivity index (χ0n) is 15.4. The van der Waals surface area contributed by atoms with Crippen LogP contribution in [0.1, 0.15) is 0 Å². The van der Waals surface area contributed by atoms with Crippen molar-refractivity contribution in [2.45, 2.75) is 4.90 Å². The van der Waals surface area contributed by atoms with Gasteiger partial charge in [-0.05, 0) is 24.3 Å². The number of carbonyl (C=O) groups excluding carboxylic acids is 1. The van der Waals surface area contributed by atoms with Gasteiger partial charge in [0.1, 0.15) is 0 Å². The number of halogens is 1. The van der Waals surface area contributed by atoms with Gasteiger partial charge in [0.25, 0.3) is 0 Å². The van der Waals surface area contributed by atoms with Gasteiger partial charge in [-0.1, -0.05) is 12.1 Å². The van der Waals surface area contributed by atoms with E-state index in [4.69, 9.17) is 9.47 Å². The van der Waals surface area contributed by atoms with Crippen molar-refractivity contribution in [2.24, 2.45) is 0 Å². The summed E-state index contributed by atoms with van der Waals surface area (Å²) in [6.07, 6.45) is 3.13. The molecular formula is C19H18ClN3O5S. The molecule has 0 atom stereocenters. The molecule has 0 bridgehead atoms. The van der Waals surface area contributed by atoms with Gasteiger partial charge in [0.2, 0.25) is 22.7 Å². The number of hydrogen-bond donors (Lipinski definition) is 1. The summed E-state index contributed by atoms with van der Waals surface area (Å²) in [5.41, 5.74) is 0.497. The molecule has 0 saturated heterocycles. The second-order valence-corrected chi connectivity index (χ2v) is 8.24. The third kappa shape index (κ3) is 4.12. The lowest BCUT2D eigenvalue weighted by atomic mass is 10.2. The molecule has 1 amide bonds. The van der Waals surface area contributed by atoms with E-state index in [9.17, 15) is 13.2 Å². The molecule has 29 heavy (non-hydrogen) atoms. The van der Waals surface area contributed by atoms with Gasteiger partial charge in [-0.25, -0.2) is 8.42 Å². The van der Waals surface area contributed by atoms with E-state index < -0.39 is 15.9 Å². The minimum absolute atomic E-state index is 0. The van der Waals surface area contributed by atoms with Crippen molar-refractivity contribution in [3.63, 3.8) is 0 Å². The molecule has 3 aromatic rings. The van der Waals surface area contributed by atoms with Crippen molar-refractivity contribution in [3.8, 4) is 11.5 Å². The number of carbonyl (C=O) groups is 1. The Morgan fingerprint density at radius 2 is 1.97 bits per heavy atom. The fourth-order valence-electron chi connectivity index (χ4n) is 2.95. The van der Waals surface area contributed by atoms with Gasteiger partial charge in [-0.2, -0.15) is 4.31 Å². The van der Waals surface area contributed by atoms with E-state index in [-0.39, 0.29) is 30.6 Å². The van der Waals surface area contributed by atoms with Crippen molar-refractivity contribution in [1.82, 2.24) is 9.29 Å². The van der Waals surface area contributed by atoms with Gasteiger partial charge >= 0.3 is 0 Å². The van der Waals surface area contributed by atoms with Crippen molar-refractivity contribution in [1.29, 1.82) is 0 Å². The first-order valence-electron chi connectivity index (χ1n) is 8.44. The van der Waals surface area contributed by atoms with E-state index in [0.717, 1.165) is 4.31 Å². The SMILES string of the molecule is CN(CC(=O)Nc1ccc2c(c1)OCO2)S(=O)(=O)c1cccc2cnccc12.Cl. The highest BCUT2D eigenvalue weighted by Gasteiger charge is 2.25. The highest BCUT2D eigenvalue weighted by Crippen LogP contribution is 2.34. The van der Waals surface area contributed by atoms with Crippen LogP contribution in [0, 0.1) is 0 Å². The number of pyridine rings is 1. The summed E-state index contributed by atoms with van der Waals surface area (Å²) in [5.74, 6) is 0.665. The summed E-state index contributed by atoms with van der Waals surface area (Å²) in [6.45, 7) is -0.202. The minimum Gasteiger partial charge on any atom is -0.454 e. The molecule has 0 fully saturated rings. The van der Waals surface area contributed by atoms with Crippen LogP contribution in [0.4, 0.5) is 5.69 Å². The van der Waals surface area contributed by atoms with Crippen molar-refractivity contribution >= 4 is 44.8 Å². The van der Waals surface area contributed by atoms with Gasteiger partial charge < -0.3 is 14.8 Å². The zero-order valence-corrected chi connectivity index (χ0v) is 17.0. The first-order valence-corrected chi connectivity index (χ1v) is 9.88. The molecule has 4 rings (SSSR count). The van der Waals surface area contributed by atoms with Crippen LogP contribution in [0.5, 0.6) is 11.5 Å². The molecule has 0 radical (unpaired) electrons. The molecule has 1 aliphatic heterocycles. The number of benzene rings is 2. The number of nitrogens with one attached hydrogen (secondary N) is 1. The van der Waals surface area contributed by atoms with Crippen molar-refractivity contribution in [2.75, 3.05) is 25.7 Å². The van der Waals surface area contributed by atoms with Gasteiger partial charge in [0, 0.05) is 42.0 Å². The monoisotopic (exact) mass is 435 g/mol. The second-order valence-electron chi connectivity index (χ2n) is 6.23. The standard InChI is InChI=1S/C19H17N3O5S.ClH/c1-22(11-19(23)21-14-5-6-16-17(9-14)27-12-26-16)28(24,25)18-4-2-3-13-10-20-8-7-15(13)18;/h2-10H,11-12H2,1H3,(H,21,23);1H. The van der Waals surface area contributed by atoms with Crippen LogP contribution in [0.25, 0.3) is 10.8 Å². The third-order valence-electron chi connectivity index (χ3n) is 4.35. The van der Waals surface area contributed by atoms with E-state index in [0.29, 0.717) is 28.0 Å². The lowest BCUT2D eigenvalue weighted by Crippen LogP contribution is -2.35. The average Bonchev–Trinajstić information content (AvgIpc) is 3.15. The topological polar surface area (TPSA) is 97.8 Å². The molecule has 0 spiro atoms. The van der Waals surface area contributed by atoms with Gasteiger partial charge in [-0.3, -0.25) is 9.78 Å². The summed E-state index contributed by atoms with van der Waals surface area (Å²) in [5, 5.41) is 3.94. The molecule has 152 valence electrons. The highest BCUT2D eigenvalue weighted by atomic mass is 35.5. The quantitative estimate of drug-likeness (QED) is 0.661. The van der Waals surface area contributed by atoms with Gasteiger partial charge in [0.15, 0.2) is 11.5 Å². The summed E-state index contributed by atoms with van der Waals surface area (Å²) in [7, 11) is -2.49. The number of aromatic nitrogens is 1. The van der Waals surface area contributed by atoms with Crippen molar-refractivity contribution in [3.05, 3.63) is 54.9 Å². The third-order valence-corrected chi connectivity index (χ3v) is 6.21. The molecule has 1 aliphatic rings. The maximum atomic E-state index is 13.0. The molecular weight excluding hydrogens is 418 g/mol. The average molecular weight is 436 g/mol. The van der Waals surface area contributed by atoms with E-state index in [1.54, 1.807) is 42.6 Å². The molecule has 10 heteroatoms. The van der Waals surface area contributed by atoms with E-state index >= 15 is 0 Å². The number of sulfonamides is 1. The van der Waals surface area contributed by atoms with Gasteiger partial charge in [0.05, 0.1) is 11.4 Å². The molecule has 2 aromatic carbocycles. The lowest BCUT2D eigenvalue weighted by Gasteiger charge is -2.18. The van der Waals surface area contributed by atoms with Crippen LogP contribution >= 0.6 is 12.4 Å². The number of nitrogens with zero attached hydrogens (tertiary/aromatic N) is 2. The number of ether oxygens (including phenoxy) is 2. The Morgan fingerprint density at radius 1 is 1.17 bits per heavy atom. The second kappa shape index (κ2) is 8.24. The fourth-order valence-corrected chi connectivity index (χ4v) is 4.29. The Kier molecular flexibility index (Phi) is 5.92. The molecule has 8 nitrogen and oxygen atoms in total. The molecule has 0 unspecified atom stereocenters. The Hall–Kier alpha value is -2.88. The van der Waals surface area contributed by atoms with E-state index in [1.165, 1.54) is 19.3 Å². The first-order chi connectivity index (χ1) is 13.4.